The number of nitrogens with zero attached hydrogens (tertiary/aromatic N) is 1. The minimum atomic E-state index is -0.900. The van der Waals surface area contributed by atoms with Gasteiger partial charge in [-0.3, -0.25) is 4.99 Å². The van der Waals surface area contributed by atoms with E-state index in [0.29, 0.717) is 12.0 Å². The number of hydrogen-bond donors (Lipinski definition) is 2. The van der Waals surface area contributed by atoms with E-state index in [1.165, 1.54) is 0 Å². The van der Waals surface area contributed by atoms with Crippen LogP contribution >= 0.6 is 0 Å². The summed E-state index contributed by atoms with van der Waals surface area (Å²) in [6, 6.07) is 20.2. The fraction of sp³-hybridized carbons (Fsp3) is 0.259. The summed E-state index contributed by atoms with van der Waals surface area (Å²) >= 11 is 0. The van der Waals surface area contributed by atoms with Gasteiger partial charge in [-0.1, -0.05) is 36.4 Å². The Morgan fingerprint density at radius 3 is 2.50 bits per heavy atom. The molecule has 2 aliphatic heterocycles. The van der Waals surface area contributed by atoms with E-state index in [1.54, 1.807) is 6.07 Å². The molecule has 0 bridgehead atoms. The van der Waals surface area contributed by atoms with Crippen LogP contribution in [0.2, 0.25) is 0 Å². The van der Waals surface area contributed by atoms with Gasteiger partial charge in [0.1, 0.15) is 11.9 Å². The third kappa shape index (κ3) is 4.16. The Kier molecular flexibility index (Phi) is 5.50. The molecule has 0 spiro atoms. The zero-order valence-corrected chi connectivity index (χ0v) is 18.1. The zero-order chi connectivity index (χ0) is 22.1. The molecule has 0 amide bonds. The van der Waals surface area contributed by atoms with Crippen LogP contribution in [0.1, 0.15) is 39.9 Å². The SMILES string of the molecule is Cc1cc2c(c(C(=O)O)c1)CC(c1ccc(-c3cccc(OC4CCNCC4)c3)cc1)=N2. The second kappa shape index (κ2) is 8.60. The molecule has 162 valence electrons. The maximum absolute atomic E-state index is 11.6. The molecule has 2 N–H and O–H groups in total. The van der Waals surface area contributed by atoms with Crippen LogP contribution in [0, 0.1) is 6.92 Å². The number of nitrogens with one attached hydrogen (secondary N) is 1. The second-order valence-electron chi connectivity index (χ2n) is 8.52. The fourth-order valence-electron chi connectivity index (χ4n) is 4.50. The normalized spacial score (nSPS) is 15.8. The highest BCUT2D eigenvalue weighted by Crippen LogP contribution is 2.34. The van der Waals surface area contributed by atoms with Crippen LogP contribution in [0.15, 0.2) is 65.7 Å². The lowest BCUT2D eigenvalue weighted by Gasteiger charge is -2.24. The van der Waals surface area contributed by atoms with Crippen molar-refractivity contribution in [2.24, 2.45) is 4.99 Å². The molecule has 0 aromatic heterocycles. The number of aliphatic imine (C=N–C) groups is 1. The van der Waals surface area contributed by atoms with Crippen LogP contribution in [0.5, 0.6) is 5.75 Å². The summed E-state index contributed by atoms with van der Waals surface area (Å²) in [6.45, 7) is 3.91. The van der Waals surface area contributed by atoms with E-state index >= 15 is 0 Å². The summed E-state index contributed by atoms with van der Waals surface area (Å²) in [7, 11) is 0. The van der Waals surface area contributed by atoms with Crippen molar-refractivity contribution in [1.29, 1.82) is 0 Å². The number of piperidine rings is 1. The van der Waals surface area contributed by atoms with Crippen LogP contribution in [0.25, 0.3) is 11.1 Å². The fourth-order valence-corrected chi connectivity index (χ4v) is 4.50. The molecule has 1 fully saturated rings. The Bertz CT molecular complexity index is 1190. The van der Waals surface area contributed by atoms with Gasteiger partial charge in [-0.25, -0.2) is 4.79 Å². The van der Waals surface area contributed by atoms with Crippen molar-refractivity contribution >= 4 is 17.4 Å². The van der Waals surface area contributed by atoms with Gasteiger partial charge in [0.2, 0.25) is 0 Å². The predicted molar refractivity (Wildman–Crippen MR) is 126 cm³/mol. The Labute approximate surface area is 187 Å². The van der Waals surface area contributed by atoms with E-state index in [9.17, 15) is 9.90 Å². The first kappa shape index (κ1) is 20.5. The highest BCUT2D eigenvalue weighted by atomic mass is 16.5. The van der Waals surface area contributed by atoms with Crippen molar-refractivity contribution < 1.29 is 14.6 Å². The van der Waals surface area contributed by atoms with Gasteiger partial charge in [-0.05, 0) is 84.9 Å². The number of hydrogen-bond acceptors (Lipinski definition) is 4. The van der Waals surface area contributed by atoms with E-state index < -0.39 is 5.97 Å². The van der Waals surface area contributed by atoms with Crippen LogP contribution in [-0.4, -0.2) is 36.0 Å². The first-order valence-electron chi connectivity index (χ1n) is 11.1. The van der Waals surface area contributed by atoms with Crippen molar-refractivity contribution in [2.45, 2.75) is 32.3 Å². The highest BCUT2D eigenvalue weighted by molar-refractivity contribution is 6.09. The lowest BCUT2D eigenvalue weighted by molar-refractivity contribution is 0.0696. The van der Waals surface area contributed by atoms with Crippen molar-refractivity contribution in [3.05, 3.63) is 82.9 Å². The summed E-state index contributed by atoms with van der Waals surface area (Å²) in [4.78, 5) is 16.4. The number of carboxylic acid groups (broad SMARTS) is 1. The van der Waals surface area contributed by atoms with Gasteiger partial charge in [-0.15, -0.1) is 0 Å². The maximum Gasteiger partial charge on any atom is 0.336 e. The Balaban J connectivity index is 1.35. The third-order valence-corrected chi connectivity index (χ3v) is 6.18. The van der Waals surface area contributed by atoms with Crippen molar-refractivity contribution in [3.63, 3.8) is 0 Å². The number of ether oxygens (including phenoxy) is 1. The van der Waals surface area contributed by atoms with Crippen LogP contribution in [-0.2, 0) is 6.42 Å². The summed E-state index contributed by atoms with van der Waals surface area (Å²) in [5, 5.41) is 12.9. The quantitative estimate of drug-likeness (QED) is 0.591. The Morgan fingerprint density at radius 1 is 1.00 bits per heavy atom. The largest absolute Gasteiger partial charge is 0.490 e. The number of aryl methyl sites for hydroxylation is 1. The molecule has 0 radical (unpaired) electrons. The summed E-state index contributed by atoms with van der Waals surface area (Å²) in [5.41, 5.74) is 6.97. The van der Waals surface area contributed by atoms with Gasteiger partial charge >= 0.3 is 5.97 Å². The number of rotatable bonds is 5. The van der Waals surface area contributed by atoms with E-state index in [2.05, 4.69) is 41.7 Å². The van der Waals surface area contributed by atoms with Crippen molar-refractivity contribution in [2.75, 3.05) is 13.1 Å². The van der Waals surface area contributed by atoms with E-state index in [0.717, 1.165) is 70.9 Å². The average Bonchev–Trinajstić information content (AvgIpc) is 3.23. The van der Waals surface area contributed by atoms with Gasteiger partial charge in [0, 0.05) is 6.42 Å². The topological polar surface area (TPSA) is 70.9 Å². The molecule has 0 aliphatic carbocycles. The first-order valence-corrected chi connectivity index (χ1v) is 11.1. The van der Waals surface area contributed by atoms with Gasteiger partial charge in [-0.2, -0.15) is 0 Å². The first-order chi connectivity index (χ1) is 15.6. The van der Waals surface area contributed by atoms with Crippen LogP contribution in [0.3, 0.4) is 0 Å². The molecular weight excluding hydrogens is 400 g/mol. The molecule has 3 aromatic rings. The molecule has 5 heteroatoms. The van der Waals surface area contributed by atoms with Gasteiger partial charge < -0.3 is 15.2 Å². The molecule has 3 aromatic carbocycles. The Morgan fingerprint density at radius 2 is 1.75 bits per heavy atom. The van der Waals surface area contributed by atoms with Gasteiger partial charge in [0.15, 0.2) is 0 Å². The molecule has 5 rings (SSSR count). The van der Waals surface area contributed by atoms with Crippen molar-refractivity contribution in [3.8, 4) is 16.9 Å². The van der Waals surface area contributed by atoms with E-state index in [4.69, 9.17) is 9.73 Å². The molecule has 1 saturated heterocycles. The van der Waals surface area contributed by atoms with E-state index in [1.807, 2.05) is 25.1 Å². The lowest BCUT2D eigenvalue weighted by atomic mass is 9.97. The zero-order valence-electron chi connectivity index (χ0n) is 18.1. The van der Waals surface area contributed by atoms with Crippen LogP contribution in [0.4, 0.5) is 5.69 Å². The third-order valence-electron chi connectivity index (χ3n) is 6.18. The minimum absolute atomic E-state index is 0.273. The van der Waals surface area contributed by atoms with Gasteiger partial charge in [0.05, 0.1) is 17.0 Å². The Hall–Kier alpha value is -3.44. The minimum Gasteiger partial charge on any atom is -0.490 e. The summed E-state index contributed by atoms with van der Waals surface area (Å²) in [5.74, 6) is 0.00834. The molecule has 5 nitrogen and oxygen atoms in total. The molecule has 0 atom stereocenters. The standard InChI is InChI=1S/C27H26N2O3/c1-17-13-24(27(30)31)23-16-25(29-26(23)14-17)19-7-5-18(6-8-19)20-3-2-4-22(15-20)32-21-9-11-28-12-10-21/h2-8,13-15,21,28H,9-12,16H2,1H3,(H,30,31). The molecule has 0 saturated carbocycles. The number of aromatic carboxylic acids is 1. The second-order valence-corrected chi connectivity index (χ2v) is 8.52. The monoisotopic (exact) mass is 426 g/mol. The highest BCUT2D eigenvalue weighted by Gasteiger charge is 2.23. The number of carboxylic acids is 1. The molecule has 0 unspecified atom stereocenters. The summed E-state index contributed by atoms with van der Waals surface area (Å²) < 4.78 is 6.19. The van der Waals surface area contributed by atoms with E-state index in [-0.39, 0.29) is 6.10 Å². The van der Waals surface area contributed by atoms with Crippen molar-refractivity contribution in [1.82, 2.24) is 5.32 Å². The maximum atomic E-state index is 11.6. The van der Waals surface area contributed by atoms with Crippen LogP contribution < -0.4 is 10.1 Å². The van der Waals surface area contributed by atoms with Gasteiger partial charge in [0.25, 0.3) is 0 Å². The molecule has 2 aliphatic rings. The number of carbonyl (C=O) groups is 1. The summed E-state index contributed by atoms with van der Waals surface area (Å²) in [6.07, 6.45) is 2.88. The lowest BCUT2D eigenvalue weighted by Crippen LogP contribution is -2.34. The number of benzene rings is 3. The molecule has 32 heavy (non-hydrogen) atoms. The average molecular weight is 427 g/mol. The molecule has 2 heterocycles. The smallest absolute Gasteiger partial charge is 0.336 e. The molecular formula is C27H26N2O3. The number of fused-ring (bicyclic) bond motifs is 1. The predicted octanol–water partition coefficient (Wildman–Crippen LogP) is 5.17.